The Hall–Kier alpha value is -1.23. The van der Waals surface area contributed by atoms with E-state index in [0.717, 1.165) is 31.4 Å². The highest BCUT2D eigenvalue weighted by Gasteiger charge is 2.38. The molecule has 1 aliphatic carbocycles. The minimum absolute atomic E-state index is 0.146. The second-order valence-electron chi connectivity index (χ2n) is 5.10. The fourth-order valence-electron chi connectivity index (χ4n) is 2.70. The van der Waals surface area contributed by atoms with E-state index < -0.39 is 5.60 Å². The molecule has 1 aromatic heterocycles. The van der Waals surface area contributed by atoms with Gasteiger partial charge in [0.05, 0.1) is 12.1 Å². The maximum atomic E-state index is 12.5. The van der Waals surface area contributed by atoms with Crippen molar-refractivity contribution in [2.75, 3.05) is 7.11 Å². The van der Waals surface area contributed by atoms with Crippen molar-refractivity contribution in [1.82, 2.24) is 15.0 Å². The maximum Gasteiger partial charge on any atom is 0.170 e. The highest BCUT2D eigenvalue weighted by molar-refractivity contribution is 5.88. The minimum Gasteiger partial charge on any atom is -0.370 e. The Morgan fingerprint density at radius 1 is 1.39 bits per heavy atom. The summed E-state index contributed by atoms with van der Waals surface area (Å²) in [5, 5.41) is 7.83. The van der Waals surface area contributed by atoms with Crippen LogP contribution in [0.25, 0.3) is 0 Å². The van der Waals surface area contributed by atoms with Crippen molar-refractivity contribution >= 4 is 5.78 Å². The molecule has 0 aromatic carbocycles. The average molecular weight is 251 g/mol. The van der Waals surface area contributed by atoms with Gasteiger partial charge in [0, 0.05) is 20.4 Å². The smallest absolute Gasteiger partial charge is 0.170 e. The van der Waals surface area contributed by atoms with Gasteiger partial charge in [0.2, 0.25) is 0 Å². The fraction of sp³-hybridized carbons (Fsp3) is 0.769. The highest BCUT2D eigenvalue weighted by Crippen LogP contribution is 2.31. The molecule has 5 heteroatoms. The van der Waals surface area contributed by atoms with E-state index in [-0.39, 0.29) is 5.78 Å². The third-order valence-electron chi connectivity index (χ3n) is 3.80. The van der Waals surface area contributed by atoms with Crippen molar-refractivity contribution in [2.45, 2.75) is 50.5 Å². The van der Waals surface area contributed by atoms with Gasteiger partial charge in [-0.3, -0.25) is 9.48 Å². The van der Waals surface area contributed by atoms with E-state index in [1.807, 2.05) is 0 Å². The Bertz CT molecular complexity index is 406. The molecule has 1 heterocycles. The van der Waals surface area contributed by atoms with E-state index in [0.29, 0.717) is 6.42 Å². The lowest BCUT2D eigenvalue weighted by molar-refractivity contribution is -0.142. The largest absolute Gasteiger partial charge is 0.370 e. The number of aromatic nitrogens is 3. The third kappa shape index (κ3) is 2.77. The molecule has 0 saturated heterocycles. The van der Waals surface area contributed by atoms with Crippen LogP contribution in [-0.2, 0) is 23.0 Å². The van der Waals surface area contributed by atoms with E-state index in [1.54, 1.807) is 25.0 Å². The number of carbonyl (C=O) groups excluding carboxylic acids is 1. The van der Waals surface area contributed by atoms with Crippen molar-refractivity contribution in [1.29, 1.82) is 0 Å². The number of Topliss-reactive ketones (excluding diaryl/α,β-unsaturated/α-hetero) is 1. The predicted octanol–water partition coefficient (Wildman–Crippen LogP) is 1.67. The van der Waals surface area contributed by atoms with E-state index in [9.17, 15) is 4.79 Å². The average Bonchev–Trinajstić information content (AvgIpc) is 2.65. The summed E-state index contributed by atoms with van der Waals surface area (Å²) >= 11 is 0. The van der Waals surface area contributed by atoms with Crippen molar-refractivity contribution in [3.05, 3.63) is 11.9 Å². The van der Waals surface area contributed by atoms with Crippen molar-refractivity contribution < 1.29 is 9.53 Å². The van der Waals surface area contributed by atoms with Crippen LogP contribution >= 0.6 is 0 Å². The Labute approximate surface area is 108 Å². The van der Waals surface area contributed by atoms with Gasteiger partial charge in [-0.25, -0.2) is 0 Å². The lowest BCUT2D eigenvalue weighted by Crippen LogP contribution is -2.41. The molecule has 0 atom stereocenters. The molecule has 1 saturated carbocycles. The number of nitrogens with zero attached hydrogens (tertiary/aromatic N) is 3. The van der Waals surface area contributed by atoms with Gasteiger partial charge in [0.25, 0.3) is 0 Å². The van der Waals surface area contributed by atoms with Gasteiger partial charge in [-0.15, -0.1) is 5.10 Å². The Balaban J connectivity index is 2.08. The molecule has 5 nitrogen and oxygen atoms in total. The molecule has 0 N–H and O–H groups in total. The van der Waals surface area contributed by atoms with Crippen LogP contribution in [0.1, 0.15) is 44.2 Å². The van der Waals surface area contributed by atoms with E-state index in [1.165, 1.54) is 12.8 Å². The van der Waals surface area contributed by atoms with Crippen LogP contribution in [0.4, 0.5) is 0 Å². The van der Waals surface area contributed by atoms with Crippen LogP contribution in [0.15, 0.2) is 6.20 Å². The topological polar surface area (TPSA) is 57.0 Å². The van der Waals surface area contributed by atoms with Gasteiger partial charge in [0.15, 0.2) is 5.78 Å². The summed E-state index contributed by atoms with van der Waals surface area (Å²) in [4.78, 5) is 12.5. The third-order valence-corrected chi connectivity index (χ3v) is 3.80. The highest BCUT2D eigenvalue weighted by atomic mass is 16.5. The molecule has 18 heavy (non-hydrogen) atoms. The summed E-state index contributed by atoms with van der Waals surface area (Å²) in [6.45, 7) is 0. The fourth-order valence-corrected chi connectivity index (χ4v) is 2.70. The van der Waals surface area contributed by atoms with Gasteiger partial charge in [-0.2, -0.15) is 0 Å². The second kappa shape index (κ2) is 5.61. The summed E-state index contributed by atoms with van der Waals surface area (Å²) in [6.07, 6.45) is 8.32. The van der Waals surface area contributed by atoms with Gasteiger partial charge in [-0.1, -0.05) is 30.9 Å². The van der Waals surface area contributed by atoms with E-state index in [2.05, 4.69) is 10.3 Å². The number of ketones is 1. The zero-order valence-electron chi connectivity index (χ0n) is 11.2. The molecule has 2 rings (SSSR count). The second-order valence-corrected chi connectivity index (χ2v) is 5.10. The summed E-state index contributed by atoms with van der Waals surface area (Å²) in [7, 11) is 3.46. The monoisotopic (exact) mass is 251 g/mol. The molecular formula is C13H21N3O2. The number of ether oxygens (including phenoxy) is 1. The van der Waals surface area contributed by atoms with Crippen molar-refractivity contribution in [3.63, 3.8) is 0 Å². The first-order chi connectivity index (χ1) is 8.66. The van der Waals surface area contributed by atoms with Crippen LogP contribution in [0.3, 0.4) is 0 Å². The molecule has 0 aliphatic heterocycles. The molecule has 0 amide bonds. The number of methoxy groups -OCH3 is 1. The van der Waals surface area contributed by atoms with Gasteiger partial charge >= 0.3 is 0 Å². The Kier molecular flexibility index (Phi) is 4.11. The number of hydrogen-bond acceptors (Lipinski definition) is 4. The molecule has 0 bridgehead atoms. The standard InChI is InChI=1S/C13H21N3O2/c1-16-10-11(14-15-16)9-12(17)13(18-2)7-5-3-4-6-8-13/h10H,3-9H2,1-2H3. The van der Waals surface area contributed by atoms with Crippen LogP contribution in [-0.4, -0.2) is 33.5 Å². The van der Waals surface area contributed by atoms with E-state index >= 15 is 0 Å². The lowest BCUT2D eigenvalue weighted by atomic mass is 9.87. The Morgan fingerprint density at radius 2 is 2.06 bits per heavy atom. The molecular weight excluding hydrogens is 230 g/mol. The molecule has 0 spiro atoms. The van der Waals surface area contributed by atoms with Crippen LogP contribution in [0.2, 0.25) is 0 Å². The molecule has 0 unspecified atom stereocenters. The first-order valence-corrected chi connectivity index (χ1v) is 6.60. The van der Waals surface area contributed by atoms with Crippen LogP contribution in [0, 0.1) is 0 Å². The predicted molar refractivity (Wildman–Crippen MR) is 67.2 cm³/mol. The number of rotatable bonds is 4. The van der Waals surface area contributed by atoms with Gasteiger partial charge < -0.3 is 4.74 Å². The summed E-state index contributed by atoms with van der Waals surface area (Å²) in [5.74, 6) is 0.146. The Morgan fingerprint density at radius 3 is 2.56 bits per heavy atom. The molecule has 0 radical (unpaired) electrons. The molecule has 1 aliphatic rings. The van der Waals surface area contributed by atoms with E-state index in [4.69, 9.17) is 4.74 Å². The van der Waals surface area contributed by atoms with Crippen LogP contribution in [0.5, 0.6) is 0 Å². The van der Waals surface area contributed by atoms with Gasteiger partial charge in [0.1, 0.15) is 5.60 Å². The maximum absolute atomic E-state index is 12.5. The lowest BCUT2D eigenvalue weighted by Gasteiger charge is -2.29. The molecule has 1 aromatic rings. The number of aryl methyl sites for hydroxylation is 1. The van der Waals surface area contributed by atoms with Crippen LogP contribution < -0.4 is 0 Å². The zero-order valence-corrected chi connectivity index (χ0v) is 11.2. The summed E-state index contributed by atoms with van der Waals surface area (Å²) in [6, 6.07) is 0. The van der Waals surface area contributed by atoms with Gasteiger partial charge in [-0.05, 0) is 12.8 Å². The SMILES string of the molecule is COC1(C(=O)Cc2cn(C)nn2)CCCCCC1. The molecule has 1 fully saturated rings. The number of hydrogen-bond donors (Lipinski definition) is 0. The quantitative estimate of drug-likeness (QED) is 0.764. The normalized spacial score (nSPS) is 19.4. The first kappa shape index (κ1) is 13.2. The zero-order chi connectivity index (χ0) is 13.0. The number of carbonyl (C=O) groups is 1. The summed E-state index contributed by atoms with van der Waals surface area (Å²) in [5.41, 5.74) is 0.136. The van der Waals surface area contributed by atoms with Crippen molar-refractivity contribution in [3.8, 4) is 0 Å². The summed E-state index contributed by atoms with van der Waals surface area (Å²) < 4.78 is 7.22. The first-order valence-electron chi connectivity index (χ1n) is 6.60. The van der Waals surface area contributed by atoms with Crippen molar-refractivity contribution in [2.24, 2.45) is 7.05 Å². The minimum atomic E-state index is -0.589. The molecule has 100 valence electrons.